The van der Waals surface area contributed by atoms with Crippen molar-refractivity contribution in [2.75, 3.05) is 6.61 Å². The van der Waals surface area contributed by atoms with E-state index in [1.807, 2.05) is 0 Å². The minimum atomic E-state index is -0.855. The topological polar surface area (TPSA) is 43.4 Å². The predicted molar refractivity (Wildman–Crippen MR) is 59.9 cm³/mol. The molecule has 0 aliphatic heterocycles. The lowest BCUT2D eigenvalue weighted by Gasteiger charge is -1.98. The van der Waals surface area contributed by atoms with Gasteiger partial charge in [0.1, 0.15) is 18.1 Å². The maximum atomic E-state index is 13.3. The third kappa shape index (κ3) is 3.67. The van der Waals surface area contributed by atoms with Crippen molar-refractivity contribution in [3.05, 3.63) is 34.9 Å². The second kappa shape index (κ2) is 6.50. The van der Waals surface area contributed by atoms with Crippen LogP contribution in [0.15, 0.2) is 12.1 Å². The van der Waals surface area contributed by atoms with Gasteiger partial charge in [0.05, 0.1) is 17.7 Å². The van der Waals surface area contributed by atoms with E-state index in [1.165, 1.54) is 0 Å². The number of ether oxygens (including phenoxy) is 1. The molecule has 0 fully saturated rings. The largest absolute Gasteiger partial charge is 0.465 e. The quantitative estimate of drug-likeness (QED) is 0.470. The Morgan fingerprint density at radius 3 is 2.72 bits per heavy atom. The molecule has 0 radical (unpaired) electrons. The van der Waals surface area contributed by atoms with Gasteiger partial charge in [-0.25, -0.2) is 8.78 Å². The number of aldehydes is 1. The van der Waals surface area contributed by atoms with Gasteiger partial charge in [-0.05, 0) is 19.1 Å². The smallest absolute Gasteiger partial charge is 0.317 e. The Morgan fingerprint density at radius 2 is 2.11 bits per heavy atom. The lowest BCUT2D eigenvalue weighted by molar-refractivity contribution is -0.141. The van der Waals surface area contributed by atoms with Crippen LogP contribution >= 0.6 is 0 Å². The highest BCUT2D eigenvalue weighted by Crippen LogP contribution is 2.12. The SMILES string of the molecule is CCOC(=O)CC#Cc1cc(F)c(C=O)cc1F. The van der Waals surface area contributed by atoms with Gasteiger partial charge in [0.25, 0.3) is 0 Å². The molecule has 0 atom stereocenters. The van der Waals surface area contributed by atoms with E-state index in [9.17, 15) is 18.4 Å². The summed E-state index contributed by atoms with van der Waals surface area (Å²) in [4.78, 5) is 21.3. The molecule has 1 rings (SSSR count). The molecule has 3 nitrogen and oxygen atoms in total. The maximum Gasteiger partial charge on any atom is 0.317 e. The Labute approximate surface area is 103 Å². The molecule has 0 unspecified atom stereocenters. The van der Waals surface area contributed by atoms with E-state index in [0.29, 0.717) is 0 Å². The standard InChI is InChI=1S/C13H10F2O3/c1-2-18-13(17)5-3-4-9-6-12(15)10(8-16)7-11(9)14/h6-8H,2,5H2,1H3. The van der Waals surface area contributed by atoms with Gasteiger partial charge >= 0.3 is 5.97 Å². The Hall–Kier alpha value is -2.22. The molecule has 1 aromatic carbocycles. The first-order valence-corrected chi connectivity index (χ1v) is 5.17. The monoisotopic (exact) mass is 252 g/mol. The molecule has 0 N–H and O–H groups in total. The van der Waals surface area contributed by atoms with Crippen molar-refractivity contribution in [3.63, 3.8) is 0 Å². The average molecular weight is 252 g/mol. The van der Waals surface area contributed by atoms with E-state index in [-0.39, 0.29) is 30.4 Å². The number of carbonyl (C=O) groups excluding carboxylic acids is 2. The van der Waals surface area contributed by atoms with Gasteiger partial charge in [-0.2, -0.15) is 0 Å². The van der Waals surface area contributed by atoms with Gasteiger partial charge < -0.3 is 4.74 Å². The van der Waals surface area contributed by atoms with Crippen LogP contribution in [0.25, 0.3) is 0 Å². The Morgan fingerprint density at radius 1 is 1.39 bits per heavy atom. The van der Waals surface area contributed by atoms with Crippen LogP contribution in [-0.4, -0.2) is 18.9 Å². The summed E-state index contributed by atoms with van der Waals surface area (Å²) < 4.78 is 31.1. The molecule has 0 aliphatic rings. The molecule has 1 aromatic rings. The number of hydrogen-bond acceptors (Lipinski definition) is 3. The molecule has 0 heterocycles. The van der Waals surface area contributed by atoms with Crippen LogP contribution in [-0.2, 0) is 9.53 Å². The summed E-state index contributed by atoms with van der Waals surface area (Å²) in [7, 11) is 0. The minimum absolute atomic E-state index is 0.204. The summed E-state index contributed by atoms with van der Waals surface area (Å²) in [5.74, 6) is 2.49. The highest BCUT2D eigenvalue weighted by molar-refractivity contribution is 5.76. The molecule has 18 heavy (non-hydrogen) atoms. The van der Waals surface area contributed by atoms with Crippen LogP contribution in [0.3, 0.4) is 0 Å². The van der Waals surface area contributed by atoms with Crippen LogP contribution in [0.2, 0.25) is 0 Å². The summed E-state index contributed by atoms with van der Waals surface area (Å²) in [6, 6.07) is 1.58. The average Bonchev–Trinajstić information content (AvgIpc) is 2.33. The van der Waals surface area contributed by atoms with E-state index in [1.54, 1.807) is 6.92 Å². The third-order valence-corrected chi connectivity index (χ3v) is 1.97. The number of carbonyl (C=O) groups is 2. The molecular formula is C13H10F2O3. The predicted octanol–water partition coefficient (Wildman–Crippen LogP) is 2.08. The molecule has 0 amide bonds. The van der Waals surface area contributed by atoms with E-state index < -0.39 is 17.6 Å². The first-order valence-electron chi connectivity index (χ1n) is 5.17. The van der Waals surface area contributed by atoms with Gasteiger partial charge in [0, 0.05) is 0 Å². The van der Waals surface area contributed by atoms with Crippen LogP contribution < -0.4 is 0 Å². The summed E-state index contributed by atoms with van der Waals surface area (Å²) in [6.07, 6.45) is 0.0125. The Kier molecular flexibility index (Phi) is 5.00. The summed E-state index contributed by atoms with van der Waals surface area (Å²) in [5.41, 5.74) is -0.578. The Balaban J connectivity index is 2.86. The minimum Gasteiger partial charge on any atom is -0.465 e. The highest BCUT2D eigenvalue weighted by Gasteiger charge is 2.07. The van der Waals surface area contributed by atoms with Crippen molar-refractivity contribution in [3.8, 4) is 11.8 Å². The molecule has 0 aromatic heterocycles. The fourth-order valence-corrected chi connectivity index (χ4v) is 1.17. The molecule has 0 saturated carbocycles. The summed E-state index contributed by atoms with van der Waals surface area (Å²) >= 11 is 0. The summed E-state index contributed by atoms with van der Waals surface area (Å²) in [5, 5.41) is 0. The van der Waals surface area contributed by atoms with Crippen LogP contribution in [0.1, 0.15) is 29.3 Å². The first kappa shape index (κ1) is 13.8. The second-order valence-corrected chi connectivity index (χ2v) is 3.25. The normalized spacial score (nSPS) is 9.28. The number of halogens is 2. The van der Waals surface area contributed by atoms with E-state index in [4.69, 9.17) is 0 Å². The fourth-order valence-electron chi connectivity index (χ4n) is 1.17. The zero-order chi connectivity index (χ0) is 13.5. The third-order valence-electron chi connectivity index (χ3n) is 1.97. The highest BCUT2D eigenvalue weighted by atomic mass is 19.1. The molecule has 5 heteroatoms. The lowest BCUT2D eigenvalue weighted by Crippen LogP contribution is -2.01. The maximum absolute atomic E-state index is 13.3. The van der Waals surface area contributed by atoms with Gasteiger partial charge in [0.2, 0.25) is 0 Å². The van der Waals surface area contributed by atoms with Gasteiger partial charge in [-0.15, -0.1) is 0 Å². The van der Waals surface area contributed by atoms with Crippen molar-refractivity contribution in [1.29, 1.82) is 0 Å². The second-order valence-electron chi connectivity index (χ2n) is 3.25. The number of benzene rings is 1. The first-order chi connectivity index (χ1) is 8.58. The zero-order valence-corrected chi connectivity index (χ0v) is 9.63. The van der Waals surface area contributed by atoms with Gasteiger partial charge in [-0.1, -0.05) is 11.8 Å². The van der Waals surface area contributed by atoms with E-state index in [0.717, 1.165) is 12.1 Å². The Bertz CT molecular complexity index is 527. The molecule has 0 spiro atoms. The number of rotatable bonds is 3. The van der Waals surface area contributed by atoms with Crippen LogP contribution in [0, 0.1) is 23.5 Å². The van der Waals surface area contributed by atoms with E-state index in [2.05, 4.69) is 16.6 Å². The zero-order valence-electron chi connectivity index (χ0n) is 9.63. The lowest BCUT2D eigenvalue weighted by atomic mass is 10.1. The van der Waals surface area contributed by atoms with Gasteiger partial charge in [-0.3, -0.25) is 9.59 Å². The van der Waals surface area contributed by atoms with E-state index >= 15 is 0 Å². The van der Waals surface area contributed by atoms with Crippen molar-refractivity contribution in [2.24, 2.45) is 0 Å². The van der Waals surface area contributed by atoms with Crippen molar-refractivity contribution < 1.29 is 23.1 Å². The van der Waals surface area contributed by atoms with Gasteiger partial charge in [0.15, 0.2) is 6.29 Å². The fraction of sp³-hybridized carbons (Fsp3) is 0.231. The molecule has 0 aliphatic carbocycles. The molecular weight excluding hydrogens is 242 g/mol. The van der Waals surface area contributed by atoms with Crippen molar-refractivity contribution in [1.82, 2.24) is 0 Å². The molecule has 0 bridgehead atoms. The van der Waals surface area contributed by atoms with Crippen molar-refractivity contribution in [2.45, 2.75) is 13.3 Å². The number of hydrogen-bond donors (Lipinski definition) is 0. The van der Waals surface area contributed by atoms with Crippen molar-refractivity contribution >= 4 is 12.3 Å². The van der Waals surface area contributed by atoms with Crippen LogP contribution in [0.4, 0.5) is 8.78 Å². The number of esters is 1. The molecule has 94 valence electrons. The van der Waals surface area contributed by atoms with Crippen LogP contribution in [0.5, 0.6) is 0 Å². The summed E-state index contributed by atoms with van der Waals surface area (Å²) in [6.45, 7) is 1.88. The molecule has 0 saturated heterocycles.